The maximum absolute atomic E-state index is 5.39. The number of para-hydroxylation sites is 2. The first-order valence-corrected chi connectivity index (χ1v) is 23.5. The molecule has 5 heteroatoms. The van der Waals surface area contributed by atoms with Crippen LogP contribution in [0.1, 0.15) is 22.3 Å². The fraction of sp³-hybridized carbons (Fsp3) is 0.0156. The molecule has 2 aliphatic rings. The van der Waals surface area contributed by atoms with Gasteiger partial charge in [-0.15, -0.1) is 0 Å². The fourth-order valence-corrected chi connectivity index (χ4v) is 11.3. The number of hydrogen-bond acceptors (Lipinski definition) is 4. The van der Waals surface area contributed by atoms with E-state index >= 15 is 0 Å². The molecule has 69 heavy (non-hydrogen) atoms. The highest BCUT2D eigenvalue weighted by molar-refractivity contribution is 6.10. The summed E-state index contributed by atoms with van der Waals surface area (Å²) >= 11 is 0. The molecule has 0 bridgehead atoms. The van der Waals surface area contributed by atoms with Crippen LogP contribution < -0.4 is 4.90 Å². The molecule has 0 atom stereocenters. The van der Waals surface area contributed by atoms with Gasteiger partial charge in [-0.25, -0.2) is 4.98 Å². The van der Waals surface area contributed by atoms with Gasteiger partial charge in [-0.1, -0.05) is 206 Å². The smallest absolute Gasteiger partial charge is 0.238 e. The van der Waals surface area contributed by atoms with E-state index in [1.807, 2.05) is 36.4 Å². The summed E-state index contributed by atoms with van der Waals surface area (Å²) in [4.78, 5) is 18.2. The molecule has 2 aromatic heterocycles. The lowest BCUT2D eigenvalue weighted by Gasteiger charge is -2.44. The van der Waals surface area contributed by atoms with Crippen molar-refractivity contribution in [3.05, 3.63) is 271 Å². The molecule has 0 radical (unpaired) electrons. The summed E-state index contributed by atoms with van der Waals surface area (Å²) in [6.07, 6.45) is 0. The molecule has 0 fully saturated rings. The second-order valence-corrected chi connectivity index (χ2v) is 17.9. The Balaban J connectivity index is 1.01. The van der Waals surface area contributed by atoms with Crippen molar-refractivity contribution in [2.75, 3.05) is 4.90 Å². The quantitative estimate of drug-likeness (QED) is 0.167. The largest absolute Gasteiger partial charge is 0.309 e. The molecule has 3 heterocycles. The van der Waals surface area contributed by atoms with Gasteiger partial charge in [0.1, 0.15) is 0 Å². The van der Waals surface area contributed by atoms with Crippen LogP contribution in [0.25, 0.3) is 83.6 Å². The zero-order valence-electron chi connectivity index (χ0n) is 37.4. The average molecular weight is 880 g/mol. The topological polar surface area (TPSA) is 46.8 Å². The van der Waals surface area contributed by atoms with Crippen LogP contribution in [-0.2, 0) is 5.41 Å². The predicted molar refractivity (Wildman–Crippen MR) is 281 cm³/mol. The maximum atomic E-state index is 5.39. The van der Waals surface area contributed by atoms with Gasteiger partial charge < -0.3 is 4.57 Å². The summed E-state index contributed by atoms with van der Waals surface area (Å²) < 4.78 is 2.39. The number of benzene rings is 10. The zero-order valence-corrected chi connectivity index (χ0v) is 37.4. The van der Waals surface area contributed by atoms with E-state index in [4.69, 9.17) is 15.0 Å². The summed E-state index contributed by atoms with van der Waals surface area (Å²) in [6, 6.07) is 89.4. The molecular formula is C64H41N5. The highest BCUT2D eigenvalue weighted by atomic mass is 15.3. The molecule has 0 N–H and O–H groups in total. The van der Waals surface area contributed by atoms with Crippen LogP contribution in [0.2, 0.25) is 0 Å². The Morgan fingerprint density at radius 3 is 1.45 bits per heavy atom. The molecular weight excluding hydrogens is 839 g/mol. The minimum absolute atomic E-state index is 0.555. The lowest BCUT2D eigenvalue weighted by Crippen LogP contribution is -2.36. The van der Waals surface area contributed by atoms with Gasteiger partial charge >= 0.3 is 0 Å². The van der Waals surface area contributed by atoms with Gasteiger partial charge in [0.05, 0.1) is 27.8 Å². The molecule has 0 unspecified atom stereocenters. The van der Waals surface area contributed by atoms with Crippen LogP contribution in [0.4, 0.5) is 17.3 Å². The van der Waals surface area contributed by atoms with Crippen molar-refractivity contribution < 1.29 is 0 Å². The zero-order chi connectivity index (χ0) is 45.5. The monoisotopic (exact) mass is 879 g/mol. The van der Waals surface area contributed by atoms with Crippen LogP contribution >= 0.6 is 0 Å². The molecule has 1 spiro atoms. The number of fused-ring (bicyclic) bond motifs is 12. The first-order valence-electron chi connectivity index (χ1n) is 23.5. The third kappa shape index (κ3) is 5.94. The first kappa shape index (κ1) is 39.0. The van der Waals surface area contributed by atoms with Gasteiger partial charge in [0, 0.05) is 27.6 Å². The Morgan fingerprint density at radius 1 is 0.304 bits per heavy atom. The molecule has 10 aromatic carbocycles. The van der Waals surface area contributed by atoms with E-state index in [-0.39, 0.29) is 0 Å². The van der Waals surface area contributed by atoms with Gasteiger partial charge in [0.2, 0.25) is 5.95 Å². The van der Waals surface area contributed by atoms with Gasteiger partial charge in [0.25, 0.3) is 0 Å². The van der Waals surface area contributed by atoms with Crippen molar-refractivity contribution in [2.24, 2.45) is 0 Å². The number of anilines is 3. The fourth-order valence-electron chi connectivity index (χ4n) is 11.3. The van der Waals surface area contributed by atoms with Crippen molar-refractivity contribution in [3.63, 3.8) is 0 Å². The Morgan fingerprint density at radius 2 is 0.783 bits per heavy atom. The number of rotatable bonds is 6. The second-order valence-electron chi connectivity index (χ2n) is 17.9. The van der Waals surface area contributed by atoms with E-state index in [1.54, 1.807) is 0 Å². The normalized spacial score (nSPS) is 13.0. The van der Waals surface area contributed by atoms with E-state index in [0.29, 0.717) is 17.6 Å². The molecule has 5 nitrogen and oxygen atoms in total. The SMILES string of the molecule is c1ccc(-c2ccc(-n3c4ccccc4c4cc(-c5ccc6c(c5)N(c5nc(-c7ccccc7)nc(-c7ccccc7)n5)c5ccccc5C65c6ccccc6-c6ccccc65)ccc43)cc2)cc1. The summed E-state index contributed by atoms with van der Waals surface area (Å²) in [7, 11) is 0. The Hall–Kier alpha value is -9.19. The molecule has 12 aromatic rings. The third-order valence-corrected chi connectivity index (χ3v) is 14.3. The lowest BCUT2D eigenvalue weighted by molar-refractivity contribution is 0.749. The van der Waals surface area contributed by atoms with Gasteiger partial charge in [-0.2, -0.15) is 9.97 Å². The predicted octanol–water partition coefficient (Wildman–Crippen LogP) is 15.8. The highest BCUT2D eigenvalue weighted by Crippen LogP contribution is 2.63. The summed E-state index contributed by atoms with van der Waals surface area (Å²) in [6.45, 7) is 0. The van der Waals surface area contributed by atoms with E-state index < -0.39 is 5.41 Å². The van der Waals surface area contributed by atoms with Crippen LogP contribution in [0.3, 0.4) is 0 Å². The van der Waals surface area contributed by atoms with Crippen LogP contribution in [0, 0.1) is 0 Å². The van der Waals surface area contributed by atoms with Crippen LogP contribution in [0.5, 0.6) is 0 Å². The minimum atomic E-state index is -0.612. The molecule has 1 aliphatic heterocycles. The van der Waals surface area contributed by atoms with Crippen molar-refractivity contribution in [1.82, 2.24) is 19.5 Å². The molecule has 14 rings (SSSR count). The number of hydrogen-bond donors (Lipinski definition) is 0. The van der Waals surface area contributed by atoms with Gasteiger partial charge in [-0.05, 0) is 98.1 Å². The third-order valence-electron chi connectivity index (χ3n) is 14.3. The number of nitrogens with zero attached hydrogens (tertiary/aromatic N) is 5. The maximum Gasteiger partial charge on any atom is 0.238 e. The summed E-state index contributed by atoms with van der Waals surface area (Å²) in [5.74, 6) is 1.78. The van der Waals surface area contributed by atoms with Gasteiger partial charge in [-0.3, -0.25) is 4.90 Å². The Bertz CT molecular complexity index is 3850. The minimum Gasteiger partial charge on any atom is -0.309 e. The highest BCUT2D eigenvalue weighted by Gasteiger charge is 2.52. The van der Waals surface area contributed by atoms with Crippen molar-refractivity contribution >= 4 is 39.1 Å². The second kappa shape index (κ2) is 15.4. The first-order chi connectivity index (χ1) is 34.2. The van der Waals surface area contributed by atoms with Crippen molar-refractivity contribution in [1.29, 1.82) is 0 Å². The summed E-state index contributed by atoms with van der Waals surface area (Å²) in [5, 5.41) is 2.41. The van der Waals surface area contributed by atoms with Gasteiger partial charge in [0.15, 0.2) is 11.6 Å². The van der Waals surface area contributed by atoms with Crippen molar-refractivity contribution in [2.45, 2.75) is 5.41 Å². The summed E-state index contributed by atoms with van der Waals surface area (Å²) in [5.41, 5.74) is 18.7. The average Bonchev–Trinajstić information content (AvgIpc) is 3.92. The van der Waals surface area contributed by atoms with Crippen molar-refractivity contribution in [3.8, 4) is 61.8 Å². The van der Waals surface area contributed by atoms with E-state index in [2.05, 4.69) is 222 Å². The standard InChI is InChI=1S/C64H41N5/c1-4-18-42(19-5-1)43-32-36-48(37-33-43)68-57-30-16-12-26-51(57)52-40-46(35-39-58(52)68)47-34-38-56-60(41-47)69(63-66-61(44-20-6-2-7-21-44)65-62(67-63)45-22-8-3-9-23-45)59-31-17-15-29-55(59)64(56)53-27-13-10-24-49(53)50-25-11-14-28-54(50)64/h1-41H. The van der Waals surface area contributed by atoms with E-state index in [9.17, 15) is 0 Å². The number of aromatic nitrogens is 4. The Labute approximate surface area is 399 Å². The van der Waals surface area contributed by atoms with E-state index in [0.717, 1.165) is 44.8 Å². The van der Waals surface area contributed by atoms with Crippen LogP contribution in [-0.4, -0.2) is 19.5 Å². The van der Waals surface area contributed by atoms with Crippen LogP contribution in [0.15, 0.2) is 249 Å². The Kier molecular flexibility index (Phi) is 8.73. The molecule has 322 valence electrons. The lowest BCUT2D eigenvalue weighted by atomic mass is 9.64. The van der Waals surface area contributed by atoms with E-state index in [1.165, 1.54) is 60.8 Å². The molecule has 0 saturated heterocycles. The molecule has 0 saturated carbocycles. The molecule has 1 aliphatic carbocycles. The molecule has 0 amide bonds.